The van der Waals surface area contributed by atoms with Gasteiger partial charge >= 0.3 is 0 Å². The number of halogens is 2. The number of fused-ring (bicyclic) bond motifs is 1. The van der Waals surface area contributed by atoms with Crippen LogP contribution in [0.1, 0.15) is 19.2 Å². The smallest absolute Gasteiger partial charge is 0.125 e. The molecule has 0 spiro atoms. The Morgan fingerprint density at radius 3 is 2.94 bits per heavy atom. The number of imidazole rings is 1. The Morgan fingerprint density at radius 1 is 1.44 bits per heavy atom. The highest BCUT2D eigenvalue weighted by Crippen LogP contribution is 2.18. The Morgan fingerprint density at radius 2 is 2.25 bits per heavy atom. The van der Waals surface area contributed by atoms with Gasteiger partial charge in [-0.2, -0.15) is 0 Å². The molecule has 86 valence electrons. The van der Waals surface area contributed by atoms with E-state index in [-0.39, 0.29) is 5.82 Å². The van der Waals surface area contributed by atoms with Crippen LogP contribution in [0.5, 0.6) is 0 Å². The monoisotopic (exact) mass is 240 g/mol. The Bertz CT molecular complexity index is 493. The quantitative estimate of drug-likeness (QED) is 0.750. The second-order valence-corrected chi connectivity index (χ2v) is 4.08. The summed E-state index contributed by atoms with van der Waals surface area (Å²) in [4.78, 5) is 4.45. The fraction of sp³-hybridized carbons (Fsp3) is 0.417. The highest BCUT2D eigenvalue weighted by atomic mass is 35.5. The summed E-state index contributed by atoms with van der Waals surface area (Å²) in [6.45, 7) is 2.91. The summed E-state index contributed by atoms with van der Waals surface area (Å²) in [7, 11) is 0. The lowest BCUT2D eigenvalue weighted by Crippen LogP contribution is -2.02. The maximum absolute atomic E-state index is 13.1. The minimum atomic E-state index is -0.239. The van der Waals surface area contributed by atoms with Gasteiger partial charge < -0.3 is 4.57 Å². The van der Waals surface area contributed by atoms with Crippen LogP contribution in [0.2, 0.25) is 0 Å². The molecule has 0 aliphatic carbocycles. The molecule has 4 heteroatoms. The summed E-state index contributed by atoms with van der Waals surface area (Å²) in [5.41, 5.74) is 1.72. The van der Waals surface area contributed by atoms with Crippen LogP contribution >= 0.6 is 11.6 Å². The fourth-order valence-electron chi connectivity index (χ4n) is 1.92. The number of nitrogens with zero attached hydrogens (tertiary/aromatic N) is 2. The van der Waals surface area contributed by atoms with Crippen LogP contribution in [0.15, 0.2) is 18.2 Å². The van der Waals surface area contributed by atoms with Crippen molar-refractivity contribution in [1.82, 2.24) is 9.55 Å². The van der Waals surface area contributed by atoms with E-state index in [1.54, 1.807) is 6.07 Å². The highest BCUT2D eigenvalue weighted by molar-refractivity contribution is 6.17. The number of hydrogen-bond acceptors (Lipinski definition) is 1. The minimum Gasteiger partial charge on any atom is -0.328 e. The minimum absolute atomic E-state index is 0.239. The first-order chi connectivity index (χ1) is 7.76. The number of aryl methyl sites for hydroxylation is 2. The number of alkyl halides is 1. The maximum Gasteiger partial charge on any atom is 0.125 e. The molecule has 1 heterocycles. The van der Waals surface area contributed by atoms with Gasteiger partial charge in [-0.3, -0.25) is 0 Å². The second-order valence-electron chi connectivity index (χ2n) is 3.70. The average molecular weight is 241 g/mol. The van der Waals surface area contributed by atoms with E-state index in [1.165, 1.54) is 12.1 Å². The standard InChI is InChI=1S/C12H14ClFN2/c1-2-16-11-6-5-9(14)8-10(11)15-12(16)4-3-7-13/h5-6,8H,2-4,7H2,1H3. The summed E-state index contributed by atoms with van der Waals surface area (Å²) in [6.07, 6.45) is 1.74. The van der Waals surface area contributed by atoms with Crippen molar-refractivity contribution in [1.29, 1.82) is 0 Å². The third-order valence-electron chi connectivity index (χ3n) is 2.64. The molecule has 2 rings (SSSR count). The van der Waals surface area contributed by atoms with Gasteiger partial charge in [0, 0.05) is 24.9 Å². The molecule has 1 aromatic carbocycles. The largest absolute Gasteiger partial charge is 0.328 e. The number of hydrogen-bond donors (Lipinski definition) is 0. The van der Waals surface area contributed by atoms with Crippen molar-refractivity contribution in [3.63, 3.8) is 0 Å². The lowest BCUT2D eigenvalue weighted by atomic mass is 10.3. The molecule has 0 bridgehead atoms. The van der Waals surface area contributed by atoms with E-state index >= 15 is 0 Å². The van der Waals surface area contributed by atoms with Crippen LogP contribution in [0.25, 0.3) is 11.0 Å². The van der Waals surface area contributed by atoms with Crippen LogP contribution in [0, 0.1) is 5.82 Å². The van der Waals surface area contributed by atoms with Crippen LogP contribution in [0.3, 0.4) is 0 Å². The molecule has 0 amide bonds. The summed E-state index contributed by atoms with van der Waals surface area (Å²) in [6, 6.07) is 4.73. The zero-order valence-corrected chi connectivity index (χ0v) is 9.97. The van der Waals surface area contributed by atoms with E-state index in [1.807, 2.05) is 0 Å². The van der Waals surface area contributed by atoms with Crippen molar-refractivity contribution >= 4 is 22.6 Å². The van der Waals surface area contributed by atoms with Crippen LogP contribution < -0.4 is 0 Å². The molecule has 0 saturated carbocycles. The van der Waals surface area contributed by atoms with Crippen molar-refractivity contribution in [2.75, 3.05) is 5.88 Å². The van der Waals surface area contributed by atoms with Gasteiger partial charge in [0.25, 0.3) is 0 Å². The molecule has 0 fully saturated rings. The van der Waals surface area contributed by atoms with Crippen molar-refractivity contribution in [3.05, 3.63) is 29.8 Å². The SMILES string of the molecule is CCn1c(CCCCl)nc2cc(F)ccc21. The van der Waals surface area contributed by atoms with Gasteiger partial charge in [-0.15, -0.1) is 11.6 Å². The average Bonchev–Trinajstić information content (AvgIpc) is 2.62. The number of rotatable bonds is 4. The molecule has 0 radical (unpaired) electrons. The molecule has 1 aromatic heterocycles. The van der Waals surface area contributed by atoms with Gasteiger partial charge in [0.2, 0.25) is 0 Å². The van der Waals surface area contributed by atoms with Crippen molar-refractivity contribution in [2.24, 2.45) is 0 Å². The fourth-order valence-corrected chi connectivity index (χ4v) is 2.06. The van der Waals surface area contributed by atoms with E-state index in [0.717, 1.165) is 36.2 Å². The van der Waals surface area contributed by atoms with Crippen LogP contribution in [-0.2, 0) is 13.0 Å². The summed E-state index contributed by atoms with van der Waals surface area (Å²) >= 11 is 5.67. The Labute approximate surface area is 99.0 Å². The molecule has 16 heavy (non-hydrogen) atoms. The first kappa shape index (κ1) is 11.4. The first-order valence-electron chi connectivity index (χ1n) is 5.47. The topological polar surface area (TPSA) is 17.8 Å². The van der Waals surface area contributed by atoms with Gasteiger partial charge in [-0.1, -0.05) is 0 Å². The van der Waals surface area contributed by atoms with Gasteiger partial charge in [-0.05, 0) is 25.5 Å². The van der Waals surface area contributed by atoms with Crippen LogP contribution in [0.4, 0.5) is 4.39 Å². The first-order valence-corrected chi connectivity index (χ1v) is 6.00. The lowest BCUT2D eigenvalue weighted by molar-refractivity contribution is 0.629. The Hall–Kier alpha value is -1.09. The molecule has 0 unspecified atom stereocenters. The zero-order chi connectivity index (χ0) is 11.5. The van der Waals surface area contributed by atoms with Gasteiger partial charge in [0.15, 0.2) is 0 Å². The van der Waals surface area contributed by atoms with Crippen molar-refractivity contribution in [3.8, 4) is 0 Å². The van der Waals surface area contributed by atoms with E-state index in [4.69, 9.17) is 11.6 Å². The van der Waals surface area contributed by atoms with E-state index < -0.39 is 0 Å². The third kappa shape index (κ3) is 2.05. The normalized spacial score (nSPS) is 11.2. The number of benzene rings is 1. The second kappa shape index (κ2) is 4.83. The zero-order valence-electron chi connectivity index (χ0n) is 9.21. The van der Waals surface area contributed by atoms with E-state index in [2.05, 4.69) is 16.5 Å². The Balaban J connectivity index is 2.48. The molecule has 0 saturated heterocycles. The molecule has 0 aliphatic heterocycles. The molecular weight excluding hydrogens is 227 g/mol. The van der Waals surface area contributed by atoms with Crippen LogP contribution in [-0.4, -0.2) is 15.4 Å². The molecule has 0 aliphatic rings. The maximum atomic E-state index is 13.1. The summed E-state index contributed by atoms with van der Waals surface area (Å²) in [5, 5.41) is 0. The number of aromatic nitrogens is 2. The summed E-state index contributed by atoms with van der Waals surface area (Å²) < 4.78 is 15.2. The third-order valence-corrected chi connectivity index (χ3v) is 2.91. The summed E-state index contributed by atoms with van der Waals surface area (Å²) in [5.74, 6) is 1.38. The Kier molecular flexibility index (Phi) is 3.44. The van der Waals surface area contributed by atoms with Gasteiger partial charge in [0.1, 0.15) is 11.6 Å². The van der Waals surface area contributed by atoms with Gasteiger partial charge in [0.05, 0.1) is 11.0 Å². The predicted octanol–water partition coefficient (Wildman–Crippen LogP) is 3.37. The van der Waals surface area contributed by atoms with E-state index in [9.17, 15) is 4.39 Å². The molecule has 2 aromatic rings. The molecular formula is C12H14ClFN2. The van der Waals surface area contributed by atoms with Crippen molar-refractivity contribution < 1.29 is 4.39 Å². The molecule has 2 nitrogen and oxygen atoms in total. The predicted molar refractivity (Wildman–Crippen MR) is 64.4 cm³/mol. The molecule has 0 N–H and O–H groups in total. The van der Waals surface area contributed by atoms with Gasteiger partial charge in [-0.25, -0.2) is 9.37 Å². The lowest BCUT2D eigenvalue weighted by Gasteiger charge is -2.04. The van der Waals surface area contributed by atoms with Crippen molar-refractivity contribution in [2.45, 2.75) is 26.3 Å². The van der Waals surface area contributed by atoms with E-state index in [0.29, 0.717) is 5.88 Å². The highest BCUT2D eigenvalue weighted by Gasteiger charge is 2.09. The molecule has 0 atom stereocenters.